The molecule has 136 valence electrons. The highest BCUT2D eigenvalue weighted by molar-refractivity contribution is 5.79. The van der Waals surface area contributed by atoms with Crippen molar-refractivity contribution in [3.63, 3.8) is 0 Å². The molecule has 0 spiro atoms. The molecule has 1 N–H and O–H groups in total. The third-order valence-electron chi connectivity index (χ3n) is 5.20. The third kappa shape index (κ3) is 3.67. The lowest BCUT2D eigenvalue weighted by Gasteiger charge is -2.40. The molecule has 7 heteroatoms. The van der Waals surface area contributed by atoms with Crippen molar-refractivity contribution in [3.05, 3.63) is 48.7 Å². The summed E-state index contributed by atoms with van der Waals surface area (Å²) in [7, 11) is 0. The number of nitrogens with one attached hydrogen (secondary N) is 1. The number of carbonyl (C=O) groups excluding carboxylic acids is 1. The summed E-state index contributed by atoms with van der Waals surface area (Å²) in [6, 6.07) is 6.14. The number of hydrogen-bond acceptors (Lipinski definition) is 6. The van der Waals surface area contributed by atoms with E-state index in [-0.39, 0.29) is 17.9 Å². The van der Waals surface area contributed by atoms with Crippen LogP contribution in [-0.4, -0.2) is 52.7 Å². The molecule has 1 amide bonds. The van der Waals surface area contributed by atoms with E-state index in [1.807, 2.05) is 18.2 Å². The summed E-state index contributed by atoms with van der Waals surface area (Å²) >= 11 is 0. The van der Waals surface area contributed by atoms with Gasteiger partial charge in [-0.15, -0.1) is 0 Å². The first-order valence-corrected chi connectivity index (χ1v) is 9.12. The molecular weight excluding hydrogens is 330 g/mol. The Kier molecular flexibility index (Phi) is 5.06. The Balaban J connectivity index is 1.39. The SMILES string of the molecule is O=C(NCCc1ccncc1)[C@H]1C[C@@H]2OCC[C@@H]2N(c2ccncn2)C1. The maximum atomic E-state index is 12.7. The zero-order valence-corrected chi connectivity index (χ0v) is 14.6. The minimum Gasteiger partial charge on any atom is -0.376 e. The second-order valence-corrected chi connectivity index (χ2v) is 6.81. The number of hydrogen-bond donors (Lipinski definition) is 1. The van der Waals surface area contributed by atoms with Gasteiger partial charge in [-0.3, -0.25) is 9.78 Å². The fraction of sp³-hybridized carbons (Fsp3) is 0.474. The van der Waals surface area contributed by atoms with Gasteiger partial charge in [0.2, 0.25) is 5.91 Å². The fourth-order valence-electron chi connectivity index (χ4n) is 3.88. The van der Waals surface area contributed by atoms with E-state index in [0.717, 1.165) is 31.7 Å². The number of ether oxygens (including phenoxy) is 1. The summed E-state index contributed by atoms with van der Waals surface area (Å²) in [5, 5.41) is 3.08. The molecule has 2 aromatic heterocycles. The number of amides is 1. The molecule has 0 unspecified atom stereocenters. The summed E-state index contributed by atoms with van der Waals surface area (Å²) in [4.78, 5) is 27.3. The van der Waals surface area contributed by atoms with Crippen LogP contribution in [0.15, 0.2) is 43.1 Å². The van der Waals surface area contributed by atoms with Crippen molar-refractivity contribution in [2.75, 3.05) is 24.6 Å². The lowest BCUT2D eigenvalue weighted by Crippen LogP contribution is -2.53. The minimum atomic E-state index is -0.0956. The van der Waals surface area contributed by atoms with Crippen molar-refractivity contribution in [2.24, 2.45) is 5.92 Å². The smallest absolute Gasteiger partial charge is 0.225 e. The van der Waals surface area contributed by atoms with Gasteiger partial charge in [-0.05, 0) is 43.0 Å². The number of pyridine rings is 1. The Labute approximate surface area is 152 Å². The summed E-state index contributed by atoms with van der Waals surface area (Å²) in [6.45, 7) is 2.04. The summed E-state index contributed by atoms with van der Waals surface area (Å²) in [5.74, 6) is 0.864. The van der Waals surface area contributed by atoms with Crippen molar-refractivity contribution >= 4 is 11.7 Å². The Morgan fingerprint density at radius 3 is 2.88 bits per heavy atom. The Morgan fingerprint density at radius 1 is 1.23 bits per heavy atom. The molecule has 2 fully saturated rings. The standard InChI is InChI=1S/C19H23N5O2/c25-19(22-9-3-14-1-6-20-7-2-14)15-11-17-16(5-10-26-17)24(12-15)18-4-8-21-13-23-18/h1-2,4,6-8,13,15-17H,3,5,9-12H2,(H,22,25)/t15-,16-,17-/m0/s1. The quantitative estimate of drug-likeness (QED) is 0.870. The average Bonchev–Trinajstić information content (AvgIpc) is 3.17. The number of nitrogens with zero attached hydrogens (tertiary/aromatic N) is 4. The van der Waals surface area contributed by atoms with Crippen LogP contribution in [0.25, 0.3) is 0 Å². The normalized spacial score (nSPS) is 24.9. The summed E-state index contributed by atoms with van der Waals surface area (Å²) in [5.41, 5.74) is 1.17. The molecule has 2 aromatic rings. The van der Waals surface area contributed by atoms with Gasteiger partial charge in [0, 0.05) is 38.3 Å². The van der Waals surface area contributed by atoms with E-state index >= 15 is 0 Å². The number of rotatable bonds is 5. The molecule has 3 atom stereocenters. The Hall–Kier alpha value is -2.54. The molecule has 0 aliphatic carbocycles. The molecule has 2 saturated heterocycles. The molecule has 0 aromatic carbocycles. The first-order valence-electron chi connectivity index (χ1n) is 9.12. The summed E-state index contributed by atoms with van der Waals surface area (Å²) in [6.07, 6.45) is 9.49. The van der Waals surface area contributed by atoms with Gasteiger partial charge in [0.15, 0.2) is 0 Å². The van der Waals surface area contributed by atoms with E-state index < -0.39 is 0 Å². The molecule has 2 aliphatic heterocycles. The predicted octanol–water partition coefficient (Wildman–Crippen LogP) is 1.21. The maximum absolute atomic E-state index is 12.7. The zero-order chi connectivity index (χ0) is 17.8. The minimum absolute atomic E-state index is 0.0899. The van der Waals surface area contributed by atoms with Crippen LogP contribution in [0, 0.1) is 5.92 Å². The third-order valence-corrected chi connectivity index (χ3v) is 5.20. The first kappa shape index (κ1) is 16.9. The van der Waals surface area contributed by atoms with E-state index in [1.54, 1.807) is 24.9 Å². The number of aromatic nitrogens is 3. The van der Waals surface area contributed by atoms with Gasteiger partial charge in [-0.1, -0.05) is 0 Å². The first-order chi connectivity index (χ1) is 12.8. The van der Waals surface area contributed by atoms with Crippen LogP contribution in [-0.2, 0) is 16.0 Å². The molecule has 4 heterocycles. The second kappa shape index (κ2) is 7.78. The second-order valence-electron chi connectivity index (χ2n) is 6.81. The number of carbonyl (C=O) groups is 1. The van der Waals surface area contributed by atoms with Gasteiger partial charge in [0.05, 0.1) is 18.1 Å². The van der Waals surface area contributed by atoms with E-state index in [0.29, 0.717) is 19.1 Å². The molecule has 0 radical (unpaired) electrons. The highest BCUT2D eigenvalue weighted by Gasteiger charge is 2.42. The highest BCUT2D eigenvalue weighted by atomic mass is 16.5. The molecule has 0 bridgehead atoms. The lowest BCUT2D eigenvalue weighted by molar-refractivity contribution is -0.126. The van der Waals surface area contributed by atoms with Crippen LogP contribution in [0.4, 0.5) is 5.82 Å². The van der Waals surface area contributed by atoms with Crippen LogP contribution in [0.1, 0.15) is 18.4 Å². The largest absolute Gasteiger partial charge is 0.376 e. The van der Waals surface area contributed by atoms with Crippen molar-refractivity contribution in [2.45, 2.75) is 31.4 Å². The topological polar surface area (TPSA) is 80.2 Å². The van der Waals surface area contributed by atoms with E-state index in [9.17, 15) is 4.79 Å². The van der Waals surface area contributed by atoms with Crippen molar-refractivity contribution in [3.8, 4) is 0 Å². The van der Waals surface area contributed by atoms with Crippen molar-refractivity contribution in [1.29, 1.82) is 0 Å². The van der Waals surface area contributed by atoms with Crippen LogP contribution in [0.5, 0.6) is 0 Å². The average molecular weight is 353 g/mol. The number of fused-ring (bicyclic) bond motifs is 1. The van der Waals surface area contributed by atoms with Crippen LogP contribution >= 0.6 is 0 Å². The molecule has 7 nitrogen and oxygen atoms in total. The van der Waals surface area contributed by atoms with Crippen LogP contribution < -0.4 is 10.2 Å². The molecule has 4 rings (SSSR count). The molecule has 26 heavy (non-hydrogen) atoms. The molecule has 0 saturated carbocycles. The summed E-state index contributed by atoms with van der Waals surface area (Å²) < 4.78 is 5.89. The van der Waals surface area contributed by atoms with Crippen molar-refractivity contribution in [1.82, 2.24) is 20.3 Å². The van der Waals surface area contributed by atoms with E-state index in [1.165, 1.54) is 5.56 Å². The van der Waals surface area contributed by atoms with Crippen LogP contribution in [0.2, 0.25) is 0 Å². The molecular formula is C19H23N5O2. The Morgan fingerprint density at radius 2 is 2.08 bits per heavy atom. The van der Waals surface area contributed by atoms with E-state index in [2.05, 4.69) is 25.2 Å². The fourth-order valence-corrected chi connectivity index (χ4v) is 3.88. The Bertz CT molecular complexity index is 727. The van der Waals surface area contributed by atoms with Gasteiger partial charge in [-0.25, -0.2) is 9.97 Å². The van der Waals surface area contributed by atoms with Crippen LogP contribution in [0.3, 0.4) is 0 Å². The van der Waals surface area contributed by atoms with Crippen molar-refractivity contribution < 1.29 is 9.53 Å². The van der Waals surface area contributed by atoms with Gasteiger partial charge in [-0.2, -0.15) is 0 Å². The van der Waals surface area contributed by atoms with Gasteiger partial charge in [0.1, 0.15) is 12.1 Å². The monoisotopic (exact) mass is 353 g/mol. The maximum Gasteiger partial charge on any atom is 0.225 e. The lowest BCUT2D eigenvalue weighted by atomic mass is 9.89. The predicted molar refractivity (Wildman–Crippen MR) is 96.6 cm³/mol. The number of piperidine rings is 1. The highest BCUT2D eigenvalue weighted by Crippen LogP contribution is 2.33. The zero-order valence-electron chi connectivity index (χ0n) is 14.6. The molecule has 2 aliphatic rings. The van der Waals surface area contributed by atoms with Gasteiger partial charge >= 0.3 is 0 Å². The van der Waals surface area contributed by atoms with Gasteiger partial charge in [0.25, 0.3) is 0 Å². The van der Waals surface area contributed by atoms with Gasteiger partial charge < -0.3 is 15.0 Å². The number of anilines is 1. The van der Waals surface area contributed by atoms with E-state index in [4.69, 9.17) is 4.74 Å².